The highest BCUT2D eigenvalue weighted by atomic mass is 32.2. The Labute approximate surface area is 121 Å². The van der Waals surface area contributed by atoms with E-state index >= 15 is 0 Å². The Morgan fingerprint density at radius 3 is 2.75 bits per heavy atom. The van der Waals surface area contributed by atoms with Crippen molar-refractivity contribution in [1.82, 2.24) is 0 Å². The van der Waals surface area contributed by atoms with Crippen molar-refractivity contribution in [2.75, 3.05) is 11.6 Å². The second-order valence-corrected chi connectivity index (χ2v) is 7.29. The summed E-state index contributed by atoms with van der Waals surface area (Å²) in [6, 6.07) is 7.21. The average molecular weight is 292 g/mol. The van der Waals surface area contributed by atoms with Gasteiger partial charge in [-0.25, -0.2) is 0 Å². The fraction of sp³-hybridized carbons (Fsp3) is 0.533. The third kappa shape index (κ3) is 2.40. The van der Waals surface area contributed by atoms with Crippen molar-refractivity contribution in [2.45, 2.75) is 30.2 Å². The highest BCUT2D eigenvalue weighted by Crippen LogP contribution is 2.47. The van der Waals surface area contributed by atoms with Crippen LogP contribution >= 0.6 is 0 Å². The number of nitrogens with two attached hydrogens (primary N) is 1. The Morgan fingerprint density at radius 1 is 1.35 bits per heavy atom. The Balaban J connectivity index is 1.73. The molecule has 0 spiro atoms. The molecule has 2 aliphatic carbocycles. The summed E-state index contributed by atoms with van der Waals surface area (Å²) in [6.07, 6.45) is 5.01. The Bertz CT molecular complexity index is 559. The number of benzene rings is 1. The van der Waals surface area contributed by atoms with Crippen molar-refractivity contribution in [3.05, 3.63) is 24.3 Å². The molecule has 2 aliphatic rings. The zero-order valence-electron chi connectivity index (χ0n) is 11.5. The molecule has 0 saturated heterocycles. The van der Waals surface area contributed by atoms with E-state index in [1.807, 2.05) is 12.1 Å². The minimum atomic E-state index is -1.04. The van der Waals surface area contributed by atoms with Gasteiger partial charge in [0.1, 0.15) is 0 Å². The average Bonchev–Trinajstić information content (AvgIpc) is 2.99. The Morgan fingerprint density at radius 2 is 2.10 bits per heavy atom. The van der Waals surface area contributed by atoms with Crippen LogP contribution in [0.1, 0.15) is 19.3 Å². The molecule has 2 bridgehead atoms. The summed E-state index contributed by atoms with van der Waals surface area (Å²) < 4.78 is 11.5. The van der Waals surface area contributed by atoms with Gasteiger partial charge in [-0.15, -0.1) is 0 Å². The van der Waals surface area contributed by atoms with E-state index in [2.05, 4.69) is 5.32 Å². The van der Waals surface area contributed by atoms with E-state index in [0.717, 1.165) is 17.7 Å². The Hall–Kier alpha value is -1.20. The summed E-state index contributed by atoms with van der Waals surface area (Å²) in [4.78, 5) is 13.2. The van der Waals surface area contributed by atoms with Gasteiger partial charge in [-0.2, -0.15) is 0 Å². The molecule has 5 atom stereocenters. The van der Waals surface area contributed by atoms with Gasteiger partial charge >= 0.3 is 0 Å². The first kappa shape index (κ1) is 13.8. The van der Waals surface area contributed by atoms with Crippen LogP contribution in [-0.4, -0.2) is 22.4 Å². The molecule has 3 N–H and O–H groups in total. The lowest BCUT2D eigenvalue weighted by Crippen LogP contribution is -2.42. The van der Waals surface area contributed by atoms with Gasteiger partial charge in [-0.1, -0.05) is 6.07 Å². The van der Waals surface area contributed by atoms with Gasteiger partial charge in [0.15, 0.2) is 0 Å². The van der Waals surface area contributed by atoms with Crippen LogP contribution in [0.25, 0.3) is 0 Å². The summed E-state index contributed by atoms with van der Waals surface area (Å²) in [5, 5.41) is 2.94. The molecule has 108 valence electrons. The highest BCUT2D eigenvalue weighted by molar-refractivity contribution is 7.84. The molecule has 5 unspecified atom stereocenters. The van der Waals surface area contributed by atoms with E-state index in [1.54, 1.807) is 18.4 Å². The fourth-order valence-electron chi connectivity index (χ4n) is 3.70. The van der Waals surface area contributed by atoms with Crippen LogP contribution in [-0.2, 0) is 15.6 Å². The Kier molecular flexibility index (Phi) is 3.65. The minimum absolute atomic E-state index is 0.00256. The molecule has 1 aromatic rings. The van der Waals surface area contributed by atoms with Crippen LogP contribution < -0.4 is 11.1 Å². The van der Waals surface area contributed by atoms with Crippen LogP contribution in [0.4, 0.5) is 5.69 Å². The number of carbonyl (C=O) groups is 1. The summed E-state index contributed by atoms with van der Waals surface area (Å²) >= 11 is 0. The summed E-state index contributed by atoms with van der Waals surface area (Å²) in [5.41, 5.74) is 6.89. The lowest BCUT2D eigenvalue weighted by molar-refractivity contribution is -0.121. The zero-order valence-corrected chi connectivity index (χ0v) is 12.4. The van der Waals surface area contributed by atoms with E-state index in [9.17, 15) is 9.00 Å². The van der Waals surface area contributed by atoms with Crippen LogP contribution in [0, 0.1) is 17.8 Å². The van der Waals surface area contributed by atoms with Crippen molar-refractivity contribution in [1.29, 1.82) is 0 Å². The summed E-state index contributed by atoms with van der Waals surface area (Å²) in [5.74, 6) is 0.914. The molecule has 4 nitrogen and oxygen atoms in total. The predicted octanol–water partition coefficient (Wildman–Crippen LogP) is 1.74. The molecule has 2 fully saturated rings. The lowest BCUT2D eigenvalue weighted by Gasteiger charge is -2.27. The number of fused-ring (bicyclic) bond motifs is 2. The molecule has 0 heterocycles. The smallest absolute Gasteiger partial charge is 0.229 e. The maximum atomic E-state index is 12.4. The number of carbonyl (C=O) groups excluding carboxylic acids is 1. The van der Waals surface area contributed by atoms with Crippen LogP contribution in [0.5, 0.6) is 0 Å². The molecule has 0 radical (unpaired) electrons. The third-order valence-electron chi connectivity index (χ3n) is 4.72. The lowest BCUT2D eigenvalue weighted by atomic mass is 9.84. The minimum Gasteiger partial charge on any atom is -0.327 e. The van der Waals surface area contributed by atoms with Gasteiger partial charge in [0, 0.05) is 33.7 Å². The molecule has 0 aliphatic heterocycles. The number of nitrogens with one attached hydrogen (secondary N) is 1. The normalized spacial score (nSPS) is 33.1. The number of hydrogen-bond donors (Lipinski definition) is 2. The SMILES string of the molecule is CS(=O)c1cccc(NC(=O)C2C3CCC(C3)C2N)c1. The third-order valence-corrected chi connectivity index (χ3v) is 5.63. The molecule has 1 aromatic carbocycles. The van der Waals surface area contributed by atoms with Gasteiger partial charge in [-0.05, 0) is 49.3 Å². The van der Waals surface area contributed by atoms with Crippen molar-refractivity contribution in [2.24, 2.45) is 23.5 Å². The number of hydrogen-bond acceptors (Lipinski definition) is 3. The zero-order chi connectivity index (χ0) is 14.3. The first-order chi connectivity index (χ1) is 9.56. The van der Waals surface area contributed by atoms with Crippen LogP contribution in [0.15, 0.2) is 29.2 Å². The van der Waals surface area contributed by atoms with Crippen molar-refractivity contribution in [3.8, 4) is 0 Å². The molecule has 20 heavy (non-hydrogen) atoms. The van der Waals surface area contributed by atoms with E-state index < -0.39 is 10.8 Å². The second kappa shape index (κ2) is 5.30. The van der Waals surface area contributed by atoms with Gasteiger partial charge in [0.25, 0.3) is 0 Å². The molecule has 2 saturated carbocycles. The molecular formula is C15H20N2O2S. The van der Waals surface area contributed by atoms with Gasteiger partial charge in [0.05, 0.1) is 5.92 Å². The maximum Gasteiger partial charge on any atom is 0.229 e. The van der Waals surface area contributed by atoms with Gasteiger partial charge in [0.2, 0.25) is 5.91 Å². The van der Waals surface area contributed by atoms with Crippen molar-refractivity contribution < 1.29 is 9.00 Å². The number of rotatable bonds is 3. The van der Waals surface area contributed by atoms with E-state index in [-0.39, 0.29) is 17.9 Å². The molecule has 0 aromatic heterocycles. The first-order valence-corrected chi connectivity index (χ1v) is 8.62. The molecule has 3 rings (SSSR count). The standard InChI is InChI=1S/C15H20N2O2S/c1-20(19)12-4-2-3-11(8-12)17-15(18)13-9-5-6-10(7-9)14(13)16/h2-4,8-10,13-14H,5-7,16H2,1H3,(H,17,18). The first-order valence-electron chi connectivity index (χ1n) is 7.06. The quantitative estimate of drug-likeness (QED) is 0.891. The predicted molar refractivity (Wildman–Crippen MR) is 79.7 cm³/mol. The topological polar surface area (TPSA) is 72.2 Å². The van der Waals surface area contributed by atoms with Crippen LogP contribution in [0.3, 0.4) is 0 Å². The number of anilines is 1. The largest absolute Gasteiger partial charge is 0.327 e. The molecule has 5 heteroatoms. The summed E-state index contributed by atoms with van der Waals surface area (Å²) in [6.45, 7) is 0. The highest BCUT2D eigenvalue weighted by Gasteiger charge is 2.49. The van der Waals surface area contributed by atoms with Crippen molar-refractivity contribution in [3.63, 3.8) is 0 Å². The van der Waals surface area contributed by atoms with Gasteiger partial charge < -0.3 is 11.1 Å². The van der Waals surface area contributed by atoms with E-state index in [1.165, 1.54) is 6.42 Å². The summed E-state index contributed by atoms with van der Waals surface area (Å²) in [7, 11) is -1.04. The fourth-order valence-corrected chi connectivity index (χ4v) is 4.27. The number of amides is 1. The maximum absolute atomic E-state index is 12.4. The van der Waals surface area contributed by atoms with Gasteiger partial charge in [-0.3, -0.25) is 9.00 Å². The second-order valence-electron chi connectivity index (χ2n) is 5.91. The molecule has 1 amide bonds. The van der Waals surface area contributed by atoms with Crippen LogP contribution in [0.2, 0.25) is 0 Å². The van der Waals surface area contributed by atoms with E-state index in [0.29, 0.717) is 17.5 Å². The van der Waals surface area contributed by atoms with E-state index in [4.69, 9.17) is 5.73 Å². The van der Waals surface area contributed by atoms with Crippen molar-refractivity contribution >= 4 is 22.4 Å². The molecular weight excluding hydrogens is 272 g/mol. The monoisotopic (exact) mass is 292 g/mol.